The number of H-pyrrole nitrogens is 1. The molecule has 2 N–H and O–H groups in total. The summed E-state index contributed by atoms with van der Waals surface area (Å²) < 4.78 is 5.39. The van der Waals surface area contributed by atoms with E-state index in [1.54, 1.807) is 24.5 Å². The van der Waals surface area contributed by atoms with Gasteiger partial charge in [-0.15, -0.1) is 11.3 Å². The number of thiophene rings is 1. The van der Waals surface area contributed by atoms with Gasteiger partial charge in [0.05, 0.1) is 17.7 Å². The van der Waals surface area contributed by atoms with Crippen LogP contribution in [-0.2, 0) is 0 Å². The first-order chi connectivity index (χ1) is 11.1. The zero-order chi connectivity index (χ0) is 16.4. The van der Waals surface area contributed by atoms with Crippen LogP contribution in [-0.4, -0.2) is 23.2 Å². The summed E-state index contributed by atoms with van der Waals surface area (Å²) in [5.41, 5.74) is 3.84. The number of methoxy groups -OCH3 is 1. The summed E-state index contributed by atoms with van der Waals surface area (Å²) in [6, 6.07) is 9.49. The second-order valence-electron chi connectivity index (χ2n) is 5.19. The van der Waals surface area contributed by atoms with E-state index in [1.807, 2.05) is 43.5 Å². The molecule has 6 heteroatoms. The molecule has 1 amide bonds. The van der Waals surface area contributed by atoms with Gasteiger partial charge in [0, 0.05) is 11.3 Å². The minimum Gasteiger partial charge on any atom is -0.496 e. The SMILES string of the molecule is COc1c(C)ccc(NC(=O)c2cc(-c3cccs3)[nH]n2)c1C. The predicted molar refractivity (Wildman–Crippen MR) is 92.3 cm³/mol. The summed E-state index contributed by atoms with van der Waals surface area (Å²) in [5, 5.41) is 11.9. The molecule has 0 radical (unpaired) electrons. The molecule has 0 fully saturated rings. The molecule has 23 heavy (non-hydrogen) atoms. The first-order valence-electron chi connectivity index (χ1n) is 7.15. The largest absolute Gasteiger partial charge is 0.496 e. The highest BCUT2D eigenvalue weighted by atomic mass is 32.1. The molecule has 2 heterocycles. The molecule has 2 aromatic heterocycles. The Hall–Kier alpha value is -2.60. The number of benzene rings is 1. The lowest BCUT2D eigenvalue weighted by Gasteiger charge is -2.13. The lowest BCUT2D eigenvalue weighted by Crippen LogP contribution is -2.13. The molecular formula is C17H17N3O2S. The van der Waals surface area contributed by atoms with Gasteiger partial charge in [0.1, 0.15) is 5.75 Å². The molecule has 0 aliphatic heterocycles. The van der Waals surface area contributed by atoms with Crippen molar-refractivity contribution in [3.05, 3.63) is 52.5 Å². The van der Waals surface area contributed by atoms with Crippen molar-refractivity contribution >= 4 is 22.9 Å². The molecule has 3 aromatic rings. The van der Waals surface area contributed by atoms with E-state index < -0.39 is 0 Å². The number of aromatic amines is 1. The van der Waals surface area contributed by atoms with Gasteiger partial charge in [-0.2, -0.15) is 5.10 Å². The zero-order valence-electron chi connectivity index (χ0n) is 13.1. The van der Waals surface area contributed by atoms with Crippen LogP contribution in [0.4, 0.5) is 5.69 Å². The van der Waals surface area contributed by atoms with Crippen LogP contribution >= 0.6 is 11.3 Å². The maximum atomic E-state index is 12.4. The smallest absolute Gasteiger partial charge is 0.276 e. The Morgan fingerprint density at radius 1 is 1.30 bits per heavy atom. The Morgan fingerprint density at radius 3 is 2.83 bits per heavy atom. The third kappa shape index (κ3) is 2.98. The van der Waals surface area contributed by atoms with Crippen molar-refractivity contribution in [2.24, 2.45) is 0 Å². The van der Waals surface area contributed by atoms with Crippen LogP contribution in [0.3, 0.4) is 0 Å². The monoisotopic (exact) mass is 327 g/mol. The molecule has 0 spiro atoms. The molecule has 118 valence electrons. The van der Waals surface area contributed by atoms with E-state index in [2.05, 4.69) is 15.5 Å². The van der Waals surface area contributed by atoms with Crippen molar-refractivity contribution in [1.82, 2.24) is 10.2 Å². The zero-order valence-corrected chi connectivity index (χ0v) is 14.0. The molecule has 5 nitrogen and oxygen atoms in total. The highest BCUT2D eigenvalue weighted by Gasteiger charge is 2.15. The fraction of sp³-hybridized carbons (Fsp3) is 0.176. The predicted octanol–water partition coefficient (Wildman–Crippen LogP) is 4.02. The van der Waals surface area contributed by atoms with Crippen LogP contribution in [0, 0.1) is 13.8 Å². The van der Waals surface area contributed by atoms with Crippen molar-refractivity contribution in [3.63, 3.8) is 0 Å². The van der Waals surface area contributed by atoms with Crippen LogP contribution < -0.4 is 10.1 Å². The fourth-order valence-corrected chi connectivity index (χ4v) is 3.15. The summed E-state index contributed by atoms with van der Waals surface area (Å²) in [4.78, 5) is 13.4. The van der Waals surface area contributed by atoms with Crippen molar-refractivity contribution in [2.75, 3.05) is 12.4 Å². The van der Waals surface area contributed by atoms with E-state index >= 15 is 0 Å². The maximum Gasteiger partial charge on any atom is 0.276 e. The normalized spacial score (nSPS) is 10.6. The Kier molecular flexibility index (Phi) is 4.16. The van der Waals surface area contributed by atoms with Crippen LogP contribution in [0.5, 0.6) is 5.75 Å². The van der Waals surface area contributed by atoms with E-state index in [0.717, 1.165) is 33.1 Å². The van der Waals surface area contributed by atoms with Crippen molar-refractivity contribution in [1.29, 1.82) is 0 Å². The summed E-state index contributed by atoms with van der Waals surface area (Å²) in [6.07, 6.45) is 0. The number of amides is 1. The minimum absolute atomic E-state index is 0.252. The summed E-state index contributed by atoms with van der Waals surface area (Å²) in [6.45, 7) is 3.89. The number of carbonyl (C=O) groups excluding carboxylic acids is 1. The second-order valence-corrected chi connectivity index (χ2v) is 6.13. The average Bonchev–Trinajstić information content (AvgIpc) is 3.20. The van der Waals surface area contributed by atoms with Crippen LogP contribution in [0.25, 0.3) is 10.6 Å². The molecule has 0 saturated carbocycles. The van der Waals surface area contributed by atoms with E-state index in [1.165, 1.54) is 0 Å². The van der Waals surface area contributed by atoms with E-state index in [-0.39, 0.29) is 5.91 Å². The standard InChI is InChI=1S/C17H17N3O2S/c1-10-6-7-12(11(2)16(10)22-3)18-17(21)14-9-13(19-20-14)15-5-4-8-23-15/h4-9H,1-3H3,(H,18,21)(H,19,20). The quantitative estimate of drug-likeness (QED) is 0.760. The molecule has 0 atom stereocenters. The van der Waals surface area contributed by atoms with Crippen LogP contribution in [0.1, 0.15) is 21.6 Å². The number of nitrogens with one attached hydrogen (secondary N) is 2. The molecule has 0 aliphatic rings. The number of anilines is 1. The molecule has 0 aliphatic carbocycles. The van der Waals surface area contributed by atoms with Gasteiger partial charge < -0.3 is 10.1 Å². The second kappa shape index (κ2) is 6.26. The Bertz CT molecular complexity index is 838. The summed E-state index contributed by atoms with van der Waals surface area (Å²) in [7, 11) is 1.63. The van der Waals surface area contributed by atoms with Gasteiger partial charge in [0.2, 0.25) is 0 Å². The van der Waals surface area contributed by atoms with Crippen molar-refractivity contribution < 1.29 is 9.53 Å². The average molecular weight is 327 g/mol. The van der Waals surface area contributed by atoms with Crippen molar-refractivity contribution in [3.8, 4) is 16.3 Å². The number of hydrogen-bond donors (Lipinski definition) is 2. The lowest BCUT2D eigenvalue weighted by atomic mass is 10.1. The number of hydrogen-bond acceptors (Lipinski definition) is 4. The highest BCUT2D eigenvalue weighted by Crippen LogP contribution is 2.29. The number of carbonyl (C=O) groups is 1. The van der Waals surface area contributed by atoms with E-state index in [0.29, 0.717) is 5.69 Å². The topological polar surface area (TPSA) is 67.0 Å². The molecule has 0 bridgehead atoms. The number of nitrogens with zero attached hydrogens (tertiary/aromatic N) is 1. The first kappa shape index (κ1) is 15.3. The van der Waals surface area contributed by atoms with Gasteiger partial charge in [-0.25, -0.2) is 0 Å². The third-order valence-electron chi connectivity index (χ3n) is 3.65. The Labute approximate surface area is 138 Å². The number of aromatic nitrogens is 2. The molecule has 1 aromatic carbocycles. The number of aryl methyl sites for hydroxylation is 1. The van der Waals surface area contributed by atoms with Gasteiger partial charge in [-0.3, -0.25) is 9.89 Å². The summed E-state index contributed by atoms with van der Waals surface area (Å²) >= 11 is 1.59. The molecule has 0 saturated heterocycles. The number of ether oxygens (including phenoxy) is 1. The van der Waals surface area contributed by atoms with Gasteiger partial charge in [-0.05, 0) is 43.0 Å². The van der Waals surface area contributed by atoms with Crippen molar-refractivity contribution in [2.45, 2.75) is 13.8 Å². The van der Waals surface area contributed by atoms with E-state index in [9.17, 15) is 4.79 Å². The maximum absolute atomic E-state index is 12.4. The van der Waals surface area contributed by atoms with Crippen LogP contribution in [0.15, 0.2) is 35.7 Å². The lowest BCUT2D eigenvalue weighted by molar-refractivity contribution is 0.102. The van der Waals surface area contributed by atoms with Crippen LogP contribution in [0.2, 0.25) is 0 Å². The minimum atomic E-state index is -0.252. The number of rotatable bonds is 4. The molecular weight excluding hydrogens is 310 g/mol. The van der Waals surface area contributed by atoms with Gasteiger partial charge >= 0.3 is 0 Å². The summed E-state index contributed by atoms with van der Waals surface area (Å²) in [5.74, 6) is 0.530. The Balaban J connectivity index is 1.83. The Morgan fingerprint density at radius 2 is 2.13 bits per heavy atom. The molecule has 3 rings (SSSR count). The van der Waals surface area contributed by atoms with Gasteiger partial charge in [0.15, 0.2) is 5.69 Å². The highest BCUT2D eigenvalue weighted by molar-refractivity contribution is 7.13. The van der Waals surface area contributed by atoms with E-state index in [4.69, 9.17) is 4.74 Å². The third-order valence-corrected chi connectivity index (χ3v) is 4.56. The van der Waals surface area contributed by atoms with Gasteiger partial charge in [0.25, 0.3) is 5.91 Å². The first-order valence-corrected chi connectivity index (χ1v) is 8.03. The fourth-order valence-electron chi connectivity index (χ4n) is 2.46. The molecule has 0 unspecified atom stereocenters. The van der Waals surface area contributed by atoms with Gasteiger partial charge in [-0.1, -0.05) is 12.1 Å².